The van der Waals surface area contributed by atoms with Gasteiger partial charge in [-0.15, -0.1) is 0 Å². The van der Waals surface area contributed by atoms with Gasteiger partial charge in [0, 0.05) is 18.5 Å². The second-order valence-corrected chi connectivity index (χ2v) is 6.79. The van der Waals surface area contributed by atoms with Crippen LogP contribution in [0.15, 0.2) is 4.52 Å². The van der Waals surface area contributed by atoms with Gasteiger partial charge in [-0.25, -0.2) is 0 Å². The summed E-state index contributed by atoms with van der Waals surface area (Å²) in [7, 11) is 0. The second kappa shape index (κ2) is 5.81. The van der Waals surface area contributed by atoms with Gasteiger partial charge < -0.3 is 15.0 Å². The van der Waals surface area contributed by atoms with Crippen molar-refractivity contribution in [2.75, 3.05) is 13.2 Å². The lowest BCUT2D eigenvalue weighted by Crippen LogP contribution is -2.42. The highest BCUT2D eigenvalue weighted by Crippen LogP contribution is 2.32. The molecule has 0 aromatic carbocycles. The van der Waals surface area contributed by atoms with Gasteiger partial charge in [0.15, 0.2) is 5.82 Å². The van der Waals surface area contributed by atoms with E-state index < -0.39 is 5.54 Å². The SMILES string of the molecule is NC1(c2nc(CSC3CCCC3)no2)CCOCC1. The van der Waals surface area contributed by atoms with E-state index in [9.17, 15) is 0 Å². The molecule has 1 aromatic heterocycles. The molecule has 2 heterocycles. The Kier molecular flexibility index (Phi) is 4.10. The maximum atomic E-state index is 6.33. The molecule has 1 aliphatic carbocycles. The van der Waals surface area contributed by atoms with E-state index in [1.807, 2.05) is 11.8 Å². The van der Waals surface area contributed by atoms with Gasteiger partial charge in [0.05, 0.1) is 5.75 Å². The number of ether oxygens (including phenoxy) is 1. The molecule has 1 saturated carbocycles. The van der Waals surface area contributed by atoms with E-state index in [2.05, 4.69) is 10.1 Å². The summed E-state index contributed by atoms with van der Waals surface area (Å²) < 4.78 is 10.7. The fourth-order valence-electron chi connectivity index (χ4n) is 2.71. The first-order chi connectivity index (χ1) is 9.26. The molecule has 0 atom stereocenters. The number of hydrogen-bond acceptors (Lipinski definition) is 6. The molecule has 5 nitrogen and oxygen atoms in total. The zero-order valence-corrected chi connectivity index (χ0v) is 12.0. The third-order valence-corrected chi connectivity index (χ3v) is 5.40. The summed E-state index contributed by atoms with van der Waals surface area (Å²) in [6, 6.07) is 0. The molecule has 1 aliphatic heterocycles. The number of rotatable bonds is 4. The van der Waals surface area contributed by atoms with E-state index in [-0.39, 0.29) is 0 Å². The van der Waals surface area contributed by atoms with E-state index in [1.54, 1.807) is 0 Å². The molecule has 2 fully saturated rings. The molecule has 0 unspecified atom stereocenters. The number of hydrogen-bond donors (Lipinski definition) is 1. The Balaban J connectivity index is 1.59. The average Bonchev–Trinajstić information content (AvgIpc) is 3.09. The summed E-state index contributed by atoms with van der Waals surface area (Å²) in [4.78, 5) is 4.49. The van der Waals surface area contributed by atoms with Crippen LogP contribution >= 0.6 is 11.8 Å². The molecule has 0 amide bonds. The van der Waals surface area contributed by atoms with Gasteiger partial charge in [-0.1, -0.05) is 18.0 Å². The second-order valence-electron chi connectivity index (χ2n) is 5.50. The Morgan fingerprint density at radius 3 is 2.74 bits per heavy atom. The molecular formula is C13H21N3O2S. The van der Waals surface area contributed by atoms with Crippen molar-refractivity contribution < 1.29 is 9.26 Å². The van der Waals surface area contributed by atoms with Gasteiger partial charge in [0.25, 0.3) is 0 Å². The first-order valence-electron chi connectivity index (χ1n) is 7.08. The molecule has 19 heavy (non-hydrogen) atoms. The van der Waals surface area contributed by atoms with E-state index in [0.29, 0.717) is 19.1 Å². The van der Waals surface area contributed by atoms with Crippen molar-refractivity contribution in [2.24, 2.45) is 5.73 Å². The van der Waals surface area contributed by atoms with Crippen LogP contribution in [0.3, 0.4) is 0 Å². The van der Waals surface area contributed by atoms with E-state index in [4.69, 9.17) is 15.0 Å². The van der Waals surface area contributed by atoms with Gasteiger partial charge in [0.2, 0.25) is 5.89 Å². The summed E-state index contributed by atoms with van der Waals surface area (Å²) in [6.45, 7) is 1.34. The predicted octanol–water partition coefficient (Wildman–Crippen LogP) is 2.21. The summed E-state index contributed by atoms with van der Waals surface area (Å²) in [6.07, 6.45) is 6.89. The van der Waals surface area contributed by atoms with Crippen LogP contribution in [-0.4, -0.2) is 28.6 Å². The third kappa shape index (κ3) is 3.12. The van der Waals surface area contributed by atoms with Crippen molar-refractivity contribution in [1.29, 1.82) is 0 Å². The maximum Gasteiger partial charge on any atom is 0.246 e. The smallest absolute Gasteiger partial charge is 0.246 e. The van der Waals surface area contributed by atoms with Crippen LogP contribution in [-0.2, 0) is 16.0 Å². The average molecular weight is 283 g/mol. The summed E-state index contributed by atoms with van der Waals surface area (Å²) >= 11 is 1.95. The van der Waals surface area contributed by atoms with Crippen LogP contribution in [0.1, 0.15) is 50.2 Å². The standard InChI is InChI=1S/C13H21N3O2S/c14-13(5-7-17-8-6-13)12-15-11(16-18-12)9-19-10-3-1-2-4-10/h10H,1-9,14H2. The van der Waals surface area contributed by atoms with E-state index in [1.165, 1.54) is 25.7 Å². The lowest BCUT2D eigenvalue weighted by Gasteiger charge is -2.29. The van der Waals surface area contributed by atoms with Gasteiger partial charge in [0.1, 0.15) is 5.54 Å². The van der Waals surface area contributed by atoms with Crippen molar-refractivity contribution in [3.8, 4) is 0 Å². The van der Waals surface area contributed by atoms with Crippen LogP contribution in [0, 0.1) is 0 Å². The van der Waals surface area contributed by atoms with Crippen LogP contribution in [0.5, 0.6) is 0 Å². The van der Waals surface area contributed by atoms with Gasteiger partial charge in [-0.2, -0.15) is 16.7 Å². The van der Waals surface area contributed by atoms with Crippen LogP contribution in [0.2, 0.25) is 0 Å². The van der Waals surface area contributed by atoms with Crippen LogP contribution in [0.25, 0.3) is 0 Å². The fraction of sp³-hybridized carbons (Fsp3) is 0.846. The lowest BCUT2D eigenvalue weighted by atomic mass is 9.91. The molecular weight excluding hydrogens is 262 g/mol. The minimum Gasteiger partial charge on any atom is -0.381 e. The number of nitrogens with two attached hydrogens (primary N) is 1. The Hall–Kier alpha value is -0.590. The molecule has 0 bridgehead atoms. The van der Waals surface area contributed by atoms with Crippen LogP contribution < -0.4 is 5.73 Å². The molecule has 106 valence electrons. The largest absolute Gasteiger partial charge is 0.381 e. The zero-order chi connectivity index (χ0) is 13.1. The summed E-state index contributed by atoms with van der Waals surface area (Å²) in [5, 5.41) is 4.84. The Morgan fingerprint density at radius 1 is 1.26 bits per heavy atom. The molecule has 3 rings (SSSR count). The first kappa shape index (κ1) is 13.4. The highest BCUT2D eigenvalue weighted by Gasteiger charge is 2.35. The first-order valence-corrected chi connectivity index (χ1v) is 8.12. The molecule has 0 spiro atoms. The van der Waals surface area contributed by atoms with Crippen molar-refractivity contribution in [3.63, 3.8) is 0 Å². The summed E-state index contributed by atoms with van der Waals surface area (Å²) in [5.74, 6) is 2.20. The maximum absolute atomic E-state index is 6.33. The van der Waals surface area contributed by atoms with Crippen molar-refractivity contribution in [2.45, 2.75) is 55.1 Å². The minimum atomic E-state index is -0.485. The van der Waals surface area contributed by atoms with Gasteiger partial charge in [-0.3, -0.25) is 0 Å². The highest BCUT2D eigenvalue weighted by molar-refractivity contribution is 7.99. The Morgan fingerprint density at radius 2 is 2.00 bits per heavy atom. The normalized spacial score (nSPS) is 23.8. The van der Waals surface area contributed by atoms with Crippen LogP contribution in [0.4, 0.5) is 0 Å². The zero-order valence-electron chi connectivity index (χ0n) is 11.1. The molecule has 0 radical (unpaired) electrons. The fourth-order valence-corrected chi connectivity index (χ4v) is 3.88. The molecule has 2 aliphatic rings. The van der Waals surface area contributed by atoms with Crippen molar-refractivity contribution in [3.05, 3.63) is 11.7 Å². The number of aromatic nitrogens is 2. The lowest BCUT2D eigenvalue weighted by molar-refractivity contribution is 0.0400. The quantitative estimate of drug-likeness (QED) is 0.913. The molecule has 6 heteroatoms. The van der Waals surface area contributed by atoms with E-state index in [0.717, 1.165) is 29.7 Å². The Bertz CT molecular complexity index is 412. The summed E-state index contributed by atoms with van der Waals surface area (Å²) in [5.41, 5.74) is 5.84. The van der Waals surface area contributed by atoms with Gasteiger partial charge >= 0.3 is 0 Å². The molecule has 1 aromatic rings. The molecule has 1 saturated heterocycles. The predicted molar refractivity (Wildman–Crippen MR) is 73.8 cm³/mol. The highest BCUT2D eigenvalue weighted by atomic mass is 32.2. The van der Waals surface area contributed by atoms with Crippen molar-refractivity contribution in [1.82, 2.24) is 10.1 Å². The topological polar surface area (TPSA) is 74.2 Å². The minimum absolute atomic E-state index is 0.485. The Labute approximate surface area is 117 Å². The molecule has 2 N–H and O–H groups in total. The number of nitrogens with zero attached hydrogens (tertiary/aromatic N) is 2. The number of thioether (sulfide) groups is 1. The van der Waals surface area contributed by atoms with E-state index >= 15 is 0 Å². The van der Waals surface area contributed by atoms with Gasteiger partial charge in [-0.05, 0) is 25.7 Å². The van der Waals surface area contributed by atoms with Crippen molar-refractivity contribution >= 4 is 11.8 Å². The monoisotopic (exact) mass is 283 g/mol. The third-order valence-electron chi connectivity index (χ3n) is 4.03.